The highest BCUT2D eigenvalue weighted by molar-refractivity contribution is 7.98. The van der Waals surface area contributed by atoms with Crippen molar-refractivity contribution in [2.45, 2.75) is 17.4 Å². The fourth-order valence-electron chi connectivity index (χ4n) is 1.76. The molecular formula is C12H14N2O2S. The van der Waals surface area contributed by atoms with Gasteiger partial charge in [0.25, 0.3) is 5.91 Å². The van der Waals surface area contributed by atoms with Crippen molar-refractivity contribution in [3.63, 3.8) is 0 Å². The standard InChI is InChI=1S/C12H14N2O2S/c1-14-11(15)7-10(12(14)16)13-8-3-5-9(17-2)6-4-8/h3-6,10,13H,7H2,1-2H3. The summed E-state index contributed by atoms with van der Waals surface area (Å²) >= 11 is 1.66. The van der Waals surface area contributed by atoms with Crippen molar-refractivity contribution in [1.29, 1.82) is 0 Å². The topological polar surface area (TPSA) is 49.4 Å². The molecule has 1 aliphatic heterocycles. The molecule has 1 heterocycles. The van der Waals surface area contributed by atoms with Gasteiger partial charge in [0.15, 0.2) is 0 Å². The predicted octanol–water partition coefficient (Wildman–Crippen LogP) is 1.58. The number of carbonyl (C=O) groups is 2. The van der Waals surface area contributed by atoms with Crippen LogP contribution in [0.4, 0.5) is 5.69 Å². The van der Waals surface area contributed by atoms with Gasteiger partial charge in [-0.3, -0.25) is 14.5 Å². The molecule has 90 valence electrons. The molecule has 1 aromatic carbocycles. The predicted molar refractivity (Wildman–Crippen MR) is 68.0 cm³/mol. The highest BCUT2D eigenvalue weighted by Gasteiger charge is 2.35. The average Bonchev–Trinajstić information content (AvgIpc) is 2.58. The number of amides is 2. The molecule has 0 spiro atoms. The van der Waals surface area contributed by atoms with E-state index < -0.39 is 6.04 Å². The number of nitrogens with one attached hydrogen (secondary N) is 1. The number of imide groups is 1. The van der Waals surface area contributed by atoms with Gasteiger partial charge in [-0.15, -0.1) is 11.8 Å². The zero-order valence-electron chi connectivity index (χ0n) is 9.77. The summed E-state index contributed by atoms with van der Waals surface area (Å²) in [4.78, 5) is 25.4. The largest absolute Gasteiger partial charge is 0.373 e. The molecule has 0 aromatic heterocycles. The van der Waals surface area contributed by atoms with E-state index in [0.717, 1.165) is 5.69 Å². The lowest BCUT2D eigenvalue weighted by Crippen LogP contribution is -2.31. The molecule has 4 nitrogen and oxygen atoms in total. The Morgan fingerprint density at radius 3 is 2.41 bits per heavy atom. The second-order valence-corrected chi connectivity index (χ2v) is 4.80. The summed E-state index contributed by atoms with van der Waals surface area (Å²) in [5.74, 6) is -0.294. The van der Waals surface area contributed by atoms with Crippen LogP contribution in [0, 0.1) is 0 Å². The van der Waals surface area contributed by atoms with E-state index in [0.29, 0.717) is 0 Å². The first-order chi connectivity index (χ1) is 8.11. The number of hydrogen-bond acceptors (Lipinski definition) is 4. The third-order valence-corrected chi connectivity index (χ3v) is 3.56. The molecule has 1 atom stereocenters. The van der Waals surface area contributed by atoms with Crippen molar-refractivity contribution in [2.24, 2.45) is 0 Å². The Bertz CT molecular complexity index is 444. The van der Waals surface area contributed by atoms with Crippen molar-refractivity contribution >= 4 is 29.3 Å². The van der Waals surface area contributed by atoms with Crippen LogP contribution in [0.15, 0.2) is 29.2 Å². The van der Waals surface area contributed by atoms with Crippen LogP contribution in [0.1, 0.15) is 6.42 Å². The Morgan fingerprint density at radius 2 is 1.94 bits per heavy atom. The smallest absolute Gasteiger partial charge is 0.251 e. The fourth-order valence-corrected chi connectivity index (χ4v) is 2.16. The molecule has 0 radical (unpaired) electrons. The Kier molecular flexibility index (Phi) is 3.38. The molecule has 1 aromatic rings. The lowest BCUT2D eigenvalue weighted by atomic mass is 10.2. The lowest BCUT2D eigenvalue weighted by Gasteiger charge is -2.12. The van der Waals surface area contributed by atoms with E-state index in [1.54, 1.807) is 11.8 Å². The summed E-state index contributed by atoms with van der Waals surface area (Å²) in [7, 11) is 1.52. The Morgan fingerprint density at radius 1 is 1.29 bits per heavy atom. The van der Waals surface area contributed by atoms with Crippen molar-refractivity contribution in [3.05, 3.63) is 24.3 Å². The lowest BCUT2D eigenvalue weighted by molar-refractivity contribution is -0.136. The molecule has 1 unspecified atom stereocenters. The van der Waals surface area contributed by atoms with Crippen LogP contribution in [0.25, 0.3) is 0 Å². The molecule has 2 amide bonds. The number of likely N-dealkylation sites (N-methyl/N-ethyl adjacent to an activating group) is 1. The van der Waals surface area contributed by atoms with E-state index in [9.17, 15) is 9.59 Å². The normalized spacial score (nSPS) is 19.9. The Labute approximate surface area is 104 Å². The van der Waals surface area contributed by atoms with Gasteiger partial charge in [0.05, 0.1) is 6.42 Å². The second-order valence-electron chi connectivity index (χ2n) is 3.92. The van der Waals surface area contributed by atoms with Crippen LogP contribution >= 0.6 is 11.8 Å². The van der Waals surface area contributed by atoms with Crippen LogP contribution in [0.2, 0.25) is 0 Å². The number of likely N-dealkylation sites (tertiary alicyclic amines) is 1. The van der Waals surface area contributed by atoms with Crippen LogP contribution in [0.5, 0.6) is 0 Å². The SMILES string of the molecule is CSc1ccc(NC2CC(=O)N(C)C2=O)cc1. The molecule has 1 fully saturated rings. The number of nitrogens with zero attached hydrogens (tertiary/aromatic N) is 1. The maximum Gasteiger partial charge on any atom is 0.251 e. The zero-order valence-corrected chi connectivity index (χ0v) is 10.6. The van der Waals surface area contributed by atoms with Crippen LogP contribution < -0.4 is 5.32 Å². The van der Waals surface area contributed by atoms with E-state index in [4.69, 9.17) is 0 Å². The maximum atomic E-state index is 11.7. The van der Waals surface area contributed by atoms with Gasteiger partial charge in [0.2, 0.25) is 5.91 Å². The van der Waals surface area contributed by atoms with E-state index in [1.807, 2.05) is 30.5 Å². The first-order valence-corrected chi connectivity index (χ1v) is 6.55. The van der Waals surface area contributed by atoms with Gasteiger partial charge in [-0.05, 0) is 30.5 Å². The Balaban J connectivity index is 2.06. The summed E-state index contributed by atoms with van der Waals surface area (Å²) in [6.45, 7) is 0. The van der Waals surface area contributed by atoms with Crippen LogP contribution in [-0.2, 0) is 9.59 Å². The average molecular weight is 250 g/mol. The highest BCUT2D eigenvalue weighted by atomic mass is 32.2. The molecule has 1 aliphatic rings. The number of thioether (sulfide) groups is 1. The third kappa shape index (κ3) is 2.44. The third-order valence-electron chi connectivity index (χ3n) is 2.81. The molecule has 1 N–H and O–H groups in total. The summed E-state index contributed by atoms with van der Waals surface area (Å²) in [5, 5.41) is 3.08. The van der Waals surface area contributed by atoms with Gasteiger partial charge in [-0.2, -0.15) is 0 Å². The van der Waals surface area contributed by atoms with Crippen molar-refractivity contribution in [2.75, 3.05) is 18.6 Å². The second kappa shape index (κ2) is 4.79. The van der Waals surface area contributed by atoms with Gasteiger partial charge in [0.1, 0.15) is 6.04 Å². The number of benzene rings is 1. The number of anilines is 1. The quantitative estimate of drug-likeness (QED) is 0.653. The van der Waals surface area contributed by atoms with Crippen molar-refractivity contribution < 1.29 is 9.59 Å². The molecule has 0 saturated carbocycles. The summed E-state index contributed by atoms with van der Waals surface area (Å²) in [6, 6.07) is 7.38. The molecule has 0 aliphatic carbocycles. The van der Waals surface area contributed by atoms with Gasteiger partial charge >= 0.3 is 0 Å². The molecule has 5 heteroatoms. The van der Waals surface area contributed by atoms with Crippen LogP contribution in [-0.4, -0.2) is 36.1 Å². The number of rotatable bonds is 3. The van der Waals surface area contributed by atoms with Crippen molar-refractivity contribution in [3.8, 4) is 0 Å². The van der Waals surface area contributed by atoms with Crippen molar-refractivity contribution in [1.82, 2.24) is 4.90 Å². The summed E-state index contributed by atoms with van der Waals surface area (Å²) in [6.07, 6.45) is 2.25. The van der Waals surface area contributed by atoms with E-state index >= 15 is 0 Å². The molecular weight excluding hydrogens is 236 g/mol. The monoisotopic (exact) mass is 250 g/mol. The van der Waals surface area contributed by atoms with E-state index in [-0.39, 0.29) is 18.2 Å². The molecule has 17 heavy (non-hydrogen) atoms. The molecule has 0 bridgehead atoms. The minimum absolute atomic E-state index is 0.131. The maximum absolute atomic E-state index is 11.7. The van der Waals surface area contributed by atoms with Crippen LogP contribution in [0.3, 0.4) is 0 Å². The van der Waals surface area contributed by atoms with Gasteiger partial charge in [-0.25, -0.2) is 0 Å². The Hall–Kier alpha value is -1.49. The fraction of sp³-hybridized carbons (Fsp3) is 0.333. The number of hydrogen-bond donors (Lipinski definition) is 1. The minimum Gasteiger partial charge on any atom is -0.373 e. The summed E-state index contributed by atoms with van der Waals surface area (Å²) < 4.78 is 0. The minimum atomic E-state index is -0.423. The zero-order chi connectivity index (χ0) is 12.4. The molecule has 2 rings (SSSR count). The first-order valence-electron chi connectivity index (χ1n) is 5.33. The van der Waals surface area contributed by atoms with Gasteiger partial charge < -0.3 is 5.32 Å². The highest BCUT2D eigenvalue weighted by Crippen LogP contribution is 2.20. The first kappa shape index (κ1) is 12.0. The van der Waals surface area contributed by atoms with Gasteiger partial charge in [-0.1, -0.05) is 0 Å². The number of carbonyl (C=O) groups excluding carboxylic acids is 2. The summed E-state index contributed by atoms with van der Waals surface area (Å²) in [5.41, 5.74) is 0.865. The van der Waals surface area contributed by atoms with E-state index in [1.165, 1.54) is 16.8 Å². The van der Waals surface area contributed by atoms with E-state index in [2.05, 4.69) is 5.32 Å². The van der Waals surface area contributed by atoms with Gasteiger partial charge in [0, 0.05) is 17.6 Å². The molecule has 1 saturated heterocycles.